The Morgan fingerprint density at radius 3 is 2.80 bits per heavy atom. The summed E-state index contributed by atoms with van der Waals surface area (Å²) in [4.78, 5) is 14.2. The molecule has 5 rings (SSSR count). The van der Waals surface area contributed by atoms with Gasteiger partial charge in [-0.25, -0.2) is 5.84 Å². The lowest BCUT2D eigenvalue weighted by Crippen LogP contribution is -2.43. The maximum Gasteiger partial charge on any atom is 0.251 e. The number of aryl methyl sites for hydroxylation is 1. The molecule has 0 bridgehead atoms. The van der Waals surface area contributed by atoms with Crippen LogP contribution in [-0.2, 0) is 23.3 Å². The number of benzene rings is 1. The fourth-order valence-electron chi connectivity index (χ4n) is 4.32. The van der Waals surface area contributed by atoms with E-state index in [1.165, 1.54) is 21.0 Å². The van der Waals surface area contributed by atoms with Gasteiger partial charge in [0.25, 0.3) is 5.91 Å². The molecule has 1 amide bonds. The summed E-state index contributed by atoms with van der Waals surface area (Å²) in [6, 6.07) is 7.76. The highest BCUT2D eigenvalue weighted by molar-refractivity contribution is 7.12. The zero-order chi connectivity index (χ0) is 21.1. The van der Waals surface area contributed by atoms with Crippen molar-refractivity contribution in [2.75, 3.05) is 24.7 Å². The Hall–Kier alpha value is -2.39. The summed E-state index contributed by atoms with van der Waals surface area (Å²) in [7, 11) is 0. The molecule has 0 aliphatic carbocycles. The number of carbonyl (C=O) groups is 1. The molecule has 0 atom stereocenters. The number of piperidine rings is 1. The molecular formula is C22H29N5O2S. The first-order chi connectivity index (χ1) is 14.5. The van der Waals surface area contributed by atoms with E-state index < -0.39 is 0 Å². The fourth-order valence-corrected chi connectivity index (χ4v) is 5.58. The van der Waals surface area contributed by atoms with Crippen LogP contribution in [0.2, 0.25) is 0 Å². The Morgan fingerprint density at radius 1 is 1.23 bits per heavy atom. The number of rotatable bonds is 2. The minimum absolute atomic E-state index is 0.0329. The standard InChI is InChI=1S/C12H17NOS.C10H12N4O/c1-9-8-10-2-7-14-12(11(10)15-9)3-5-13-6-4-12;11-3-4-14(12)8-1-2-9-7(5-8)6-13-10(9)15/h8,13H,2-7H2,1H3;1-5H,6,11-12H2,(H,13,15)/b;4-3-. The number of anilines is 1. The van der Waals surface area contributed by atoms with Gasteiger partial charge in [-0.05, 0) is 74.7 Å². The number of thiophene rings is 1. The van der Waals surface area contributed by atoms with Gasteiger partial charge in [0.2, 0.25) is 0 Å². The Morgan fingerprint density at radius 2 is 2.03 bits per heavy atom. The summed E-state index contributed by atoms with van der Waals surface area (Å²) in [5.74, 6) is 5.66. The quantitative estimate of drug-likeness (QED) is 0.433. The van der Waals surface area contributed by atoms with Crippen LogP contribution in [0.5, 0.6) is 0 Å². The molecule has 1 saturated heterocycles. The number of hydrogen-bond donors (Lipinski definition) is 4. The fraction of sp³-hybridized carbons (Fsp3) is 0.409. The monoisotopic (exact) mass is 427 g/mol. The molecule has 1 spiro atoms. The van der Waals surface area contributed by atoms with Crippen molar-refractivity contribution in [1.82, 2.24) is 10.6 Å². The Kier molecular flexibility index (Phi) is 6.10. The molecule has 6 N–H and O–H groups in total. The number of ether oxygens (including phenoxy) is 1. The summed E-state index contributed by atoms with van der Waals surface area (Å²) in [6.45, 7) is 5.86. The summed E-state index contributed by atoms with van der Waals surface area (Å²) < 4.78 is 6.12. The van der Waals surface area contributed by atoms with Crippen molar-refractivity contribution in [3.8, 4) is 0 Å². The Balaban J connectivity index is 0.000000145. The summed E-state index contributed by atoms with van der Waals surface area (Å²) in [5, 5.41) is 7.57. The second-order valence-electron chi connectivity index (χ2n) is 7.83. The highest BCUT2D eigenvalue weighted by Gasteiger charge is 2.40. The molecule has 1 aromatic heterocycles. The van der Waals surface area contributed by atoms with Crippen LogP contribution in [0.25, 0.3) is 0 Å². The first-order valence-electron chi connectivity index (χ1n) is 10.3. The Labute approximate surface area is 181 Å². The number of nitrogens with zero attached hydrogens (tertiary/aromatic N) is 1. The number of nitrogens with one attached hydrogen (secondary N) is 2. The molecule has 7 nitrogen and oxygen atoms in total. The molecule has 0 radical (unpaired) electrons. The minimum Gasteiger partial charge on any atom is -0.403 e. The highest BCUT2D eigenvalue weighted by atomic mass is 32.1. The second kappa shape index (κ2) is 8.77. The Bertz CT molecular complexity index is 949. The van der Waals surface area contributed by atoms with Crippen molar-refractivity contribution in [3.05, 3.63) is 63.1 Å². The normalized spacial score (nSPS) is 19.1. The molecule has 160 valence electrons. The molecule has 2 aromatic rings. The second-order valence-corrected chi connectivity index (χ2v) is 9.08. The van der Waals surface area contributed by atoms with Gasteiger partial charge in [-0.3, -0.25) is 9.80 Å². The van der Waals surface area contributed by atoms with Crippen molar-refractivity contribution < 1.29 is 9.53 Å². The largest absolute Gasteiger partial charge is 0.403 e. The smallest absolute Gasteiger partial charge is 0.251 e. The van der Waals surface area contributed by atoms with E-state index in [4.69, 9.17) is 16.3 Å². The molecule has 0 saturated carbocycles. The van der Waals surface area contributed by atoms with Gasteiger partial charge in [0.05, 0.1) is 12.3 Å². The SMILES string of the molecule is Cc1cc2c(s1)C1(CCNCC1)OCC2.N/C=C\N(N)c1ccc2c(c1)CNC2=O. The first-order valence-corrected chi connectivity index (χ1v) is 11.1. The van der Waals surface area contributed by atoms with Crippen LogP contribution in [0.15, 0.2) is 36.7 Å². The van der Waals surface area contributed by atoms with Crippen LogP contribution >= 0.6 is 11.3 Å². The lowest BCUT2D eigenvalue weighted by atomic mass is 9.86. The van der Waals surface area contributed by atoms with E-state index in [1.807, 2.05) is 17.4 Å². The van der Waals surface area contributed by atoms with E-state index in [9.17, 15) is 4.79 Å². The number of carbonyl (C=O) groups excluding carboxylic acids is 1. The third kappa shape index (κ3) is 4.09. The third-order valence-corrected chi connectivity index (χ3v) is 7.10. The lowest BCUT2D eigenvalue weighted by Gasteiger charge is -2.40. The van der Waals surface area contributed by atoms with E-state index in [0.29, 0.717) is 12.1 Å². The van der Waals surface area contributed by atoms with Gasteiger partial charge in [-0.1, -0.05) is 0 Å². The molecular weight excluding hydrogens is 398 g/mol. The van der Waals surface area contributed by atoms with Crippen molar-refractivity contribution in [3.63, 3.8) is 0 Å². The van der Waals surface area contributed by atoms with Crippen LogP contribution in [0.1, 0.15) is 44.1 Å². The van der Waals surface area contributed by atoms with Crippen molar-refractivity contribution in [2.24, 2.45) is 11.6 Å². The summed E-state index contributed by atoms with van der Waals surface area (Å²) in [6.07, 6.45) is 6.29. The average molecular weight is 428 g/mol. The number of hydrazine groups is 1. The number of fused-ring (bicyclic) bond motifs is 3. The van der Waals surface area contributed by atoms with Crippen molar-refractivity contribution in [1.29, 1.82) is 0 Å². The van der Waals surface area contributed by atoms with Gasteiger partial charge < -0.3 is 21.1 Å². The van der Waals surface area contributed by atoms with E-state index in [2.05, 4.69) is 23.6 Å². The van der Waals surface area contributed by atoms with Crippen LogP contribution < -0.4 is 27.2 Å². The van der Waals surface area contributed by atoms with E-state index >= 15 is 0 Å². The molecule has 4 heterocycles. The number of hydrogen-bond acceptors (Lipinski definition) is 7. The zero-order valence-electron chi connectivity index (χ0n) is 17.2. The van der Waals surface area contributed by atoms with Gasteiger partial charge in [0.15, 0.2) is 0 Å². The van der Waals surface area contributed by atoms with Gasteiger partial charge in [-0.15, -0.1) is 11.3 Å². The number of nitrogens with two attached hydrogens (primary N) is 2. The van der Waals surface area contributed by atoms with Gasteiger partial charge in [-0.2, -0.15) is 0 Å². The van der Waals surface area contributed by atoms with Gasteiger partial charge >= 0.3 is 0 Å². The van der Waals surface area contributed by atoms with Crippen molar-refractivity contribution >= 4 is 22.9 Å². The van der Waals surface area contributed by atoms with Crippen LogP contribution in [-0.4, -0.2) is 25.6 Å². The first kappa shape index (κ1) is 20.9. The lowest BCUT2D eigenvalue weighted by molar-refractivity contribution is -0.0771. The molecule has 1 fully saturated rings. The maximum absolute atomic E-state index is 11.3. The zero-order valence-corrected chi connectivity index (χ0v) is 18.1. The molecule has 30 heavy (non-hydrogen) atoms. The summed E-state index contributed by atoms with van der Waals surface area (Å²) >= 11 is 1.94. The van der Waals surface area contributed by atoms with Crippen LogP contribution in [0, 0.1) is 6.92 Å². The predicted molar refractivity (Wildman–Crippen MR) is 120 cm³/mol. The van der Waals surface area contributed by atoms with E-state index in [-0.39, 0.29) is 11.5 Å². The number of amides is 1. The molecule has 8 heteroatoms. The van der Waals surface area contributed by atoms with Gasteiger partial charge in [0, 0.05) is 34.3 Å². The molecule has 3 aliphatic rings. The molecule has 1 aromatic carbocycles. The predicted octanol–water partition coefficient (Wildman–Crippen LogP) is 2.25. The van der Waals surface area contributed by atoms with Crippen LogP contribution in [0.4, 0.5) is 5.69 Å². The highest BCUT2D eigenvalue weighted by Crippen LogP contribution is 2.44. The minimum atomic E-state index is -0.0329. The third-order valence-electron chi connectivity index (χ3n) is 5.82. The van der Waals surface area contributed by atoms with Crippen molar-refractivity contribution in [2.45, 2.75) is 38.3 Å². The maximum atomic E-state index is 11.3. The van der Waals surface area contributed by atoms with E-state index in [1.54, 1.807) is 23.9 Å². The van der Waals surface area contributed by atoms with E-state index in [0.717, 1.165) is 50.2 Å². The topological polar surface area (TPSA) is 106 Å². The van der Waals surface area contributed by atoms with Crippen LogP contribution in [0.3, 0.4) is 0 Å². The molecule has 0 unspecified atom stereocenters. The molecule has 3 aliphatic heterocycles. The van der Waals surface area contributed by atoms with Gasteiger partial charge in [0.1, 0.15) is 5.60 Å². The average Bonchev–Trinajstić information content (AvgIpc) is 3.32. The summed E-state index contributed by atoms with van der Waals surface area (Å²) in [5.41, 5.74) is 9.31.